The van der Waals surface area contributed by atoms with Crippen LogP contribution < -0.4 is 21.5 Å². The minimum atomic E-state index is -1.03. The maximum Gasteiger partial charge on any atom is 0.252 e. The minimum absolute atomic E-state index is 0.0815. The summed E-state index contributed by atoms with van der Waals surface area (Å²) in [4.78, 5) is 29.9. The predicted molar refractivity (Wildman–Crippen MR) is 139 cm³/mol. The number of carbonyl (C=O) groups excluding carboxylic acids is 1. The van der Waals surface area contributed by atoms with Crippen molar-refractivity contribution < 1.29 is 4.79 Å². The van der Waals surface area contributed by atoms with E-state index in [4.69, 9.17) is 11.6 Å². The molecule has 3 heterocycles. The molecule has 0 radical (unpaired) electrons. The molecule has 1 aromatic carbocycles. The average molecular weight is 505 g/mol. The molecule has 0 saturated heterocycles. The van der Waals surface area contributed by atoms with Crippen molar-refractivity contribution in [2.45, 2.75) is 25.9 Å². The van der Waals surface area contributed by atoms with Gasteiger partial charge >= 0.3 is 0 Å². The van der Waals surface area contributed by atoms with Crippen LogP contribution in [0.15, 0.2) is 53.7 Å². The van der Waals surface area contributed by atoms with E-state index >= 15 is 0 Å². The van der Waals surface area contributed by atoms with Gasteiger partial charge in [-0.1, -0.05) is 23.7 Å². The molecule has 0 fully saturated rings. The number of aryl methyl sites for hydroxylation is 2. The third kappa shape index (κ3) is 4.87. The van der Waals surface area contributed by atoms with Crippen LogP contribution in [-0.2, 0) is 25.4 Å². The fraction of sp³-hybridized carbons (Fsp3) is 0.240. The van der Waals surface area contributed by atoms with Gasteiger partial charge in [0.25, 0.3) is 5.56 Å². The second kappa shape index (κ2) is 9.71. The lowest BCUT2D eigenvalue weighted by Gasteiger charge is -2.27. The Kier molecular flexibility index (Phi) is 6.68. The molecular weight excluding hydrogens is 480 g/mol. The number of hydrogen-bond donors (Lipinski definition) is 3. The van der Waals surface area contributed by atoms with Crippen molar-refractivity contribution in [1.29, 1.82) is 5.26 Å². The molecule has 1 amide bonds. The second-order valence-electron chi connectivity index (χ2n) is 8.87. The number of rotatable bonds is 7. The van der Waals surface area contributed by atoms with Gasteiger partial charge in [0.15, 0.2) is 0 Å². The summed E-state index contributed by atoms with van der Waals surface area (Å²) in [6.07, 6.45) is 5.02. The number of aromatic nitrogens is 4. The van der Waals surface area contributed by atoms with E-state index in [-0.39, 0.29) is 22.2 Å². The largest absolute Gasteiger partial charge is 0.371 e. The van der Waals surface area contributed by atoms with Crippen molar-refractivity contribution in [2.75, 3.05) is 10.6 Å². The normalized spacial score (nSPS) is 11.2. The highest BCUT2D eigenvalue weighted by molar-refractivity contribution is 6.31. The molecule has 3 N–H and O–H groups in total. The molecule has 11 heteroatoms. The smallest absolute Gasteiger partial charge is 0.252 e. The van der Waals surface area contributed by atoms with E-state index in [1.807, 2.05) is 25.4 Å². The van der Waals surface area contributed by atoms with Crippen molar-refractivity contribution in [1.82, 2.24) is 24.6 Å². The van der Waals surface area contributed by atoms with Gasteiger partial charge in [-0.05, 0) is 26.0 Å². The molecule has 10 nitrogen and oxygen atoms in total. The van der Waals surface area contributed by atoms with Crippen LogP contribution in [0.2, 0.25) is 5.15 Å². The highest BCUT2D eigenvalue weighted by Gasteiger charge is 2.28. The van der Waals surface area contributed by atoms with E-state index in [1.165, 1.54) is 16.8 Å². The number of fused-ring (bicyclic) bond motifs is 1. The molecule has 0 aliphatic heterocycles. The standard InChI is InChI=1S/C25H25ClN8O2/c1-25(2,24(36)29-12-15-13-30-33(3)14-15)32-20-10-21(35)34(4)22-16(20)6-5-7-19(22)31-18-8-9-28-23(26)17(18)11-27/h5-10,13-14,32H,12H2,1-4H3,(H,28,31)(H,29,36). The Morgan fingerprint density at radius 3 is 2.67 bits per heavy atom. The number of hydrogen-bond acceptors (Lipinski definition) is 7. The van der Waals surface area contributed by atoms with Crippen LogP contribution >= 0.6 is 11.6 Å². The molecule has 184 valence electrons. The molecule has 0 atom stereocenters. The first-order chi connectivity index (χ1) is 17.1. The van der Waals surface area contributed by atoms with Gasteiger partial charge in [0.05, 0.1) is 23.1 Å². The third-order valence-corrected chi connectivity index (χ3v) is 6.06. The number of nitrogens with zero attached hydrogens (tertiary/aromatic N) is 5. The molecule has 0 bridgehead atoms. The van der Waals surface area contributed by atoms with E-state index in [2.05, 4.69) is 32.1 Å². The van der Waals surface area contributed by atoms with Crippen LogP contribution in [-0.4, -0.2) is 30.8 Å². The second-order valence-corrected chi connectivity index (χ2v) is 9.23. The zero-order valence-electron chi connectivity index (χ0n) is 20.3. The van der Waals surface area contributed by atoms with Gasteiger partial charge in [0, 0.05) is 55.7 Å². The lowest BCUT2D eigenvalue weighted by atomic mass is 10.0. The van der Waals surface area contributed by atoms with Crippen LogP contribution in [0, 0.1) is 11.3 Å². The van der Waals surface area contributed by atoms with Crippen molar-refractivity contribution in [2.24, 2.45) is 14.1 Å². The van der Waals surface area contributed by atoms with Gasteiger partial charge in [-0.25, -0.2) is 4.98 Å². The molecule has 0 unspecified atom stereocenters. The molecule has 4 rings (SSSR count). The molecule has 3 aromatic heterocycles. The number of pyridine rings is 2. The predicted octanol–water partition coefficient (Wildman–Crippen LogP) is 3.44. The van der Waals surface area contributed by atoms with Crippen molar-refractivity contribution in [3.63, 3.8) is 0 Å². The summed E-state index contributed by atoms with van der Waals surface area (Å²) < 4.78 is 3.18. The zero-order valence-corrected chi connectivity index (χ0v) is 21.0. The summed E-state index contributed by atoms with van der Waals surface area (Å²) >= 11 is 6.08. The number of amides is 1. The minimum Gasteiger partial charge on any atom is -0.371 e. The van der Waals surface area contributed by atoms with Crippen LogP contribution in [0.1, 0.15) is 25.0 Å². The molecular formula is C25H25ClN8O2. The topological polar surface area (TPSA) is 130 Å². The van der Waals surface area contributed by atoms with Gasteiger partial charge in [-0.3, -0.25) is 14.3 Å². The van der Waals surface area contributed by atoms with Crippen molar-refractivity contribution in [3.8, 4) is 6.07 Å². The van der Waals surface area contributed by atoms with Crippen molar-refractivity contribution in [3.05, 3.63) is 75.6 Å². The maximum atomic E-state index is 13.0. The van der Waals surface area contributed by atoms with Gasteiger partial charge in [0.2, 0.25) is 5.91 Å². The summed E-state index contributed by atoms with van der Waals surface area (Å²) in [5.74, 6) is -0.237. The lowest BCUT2D eigenvalue weighted by molar-refractivity contribution is -0.124. The maximum absolute atomic E-state index is 13.0. The van der Waals surface area contributed by atoms with E-state index in [0.29, 0.717) is 34.5 Å². The van der Waals surface area contributed by atoms with Crippen molar-refractivity contribution >= 4 is 45.5 Å². The summed E-state index contributed by atoms with van der Waals surface area (Å²) in [5.41, 5.74) is 1.93. The molecule has 4 aromatic rings. The third-order valence-electron chi connectivity index (χ3n) is 5.77. The SMILES string of the molecule is Cn1cc(CNC(=O)C(C)(C)Nc2cc(=O)n(C)c3c(Nc4ccnc(Cl)c4C#N)cccc23)cn1. The fourth-order valence-electron chi connectivity index (χ4n) is 3.89. The van der Waals surface area contributed by atoms with Gasteiger partial charge in [-0.15, -0.1) is 0 Å². The Morgan fingerprint density at radius 2 is 1.97 bits per heavy atom. The Labute approximate surface area is 212 Å². The van der Waals surface area contributed by atoms with E-state index < -0.39 is 5.54 Å². The Hall–Kier alpha value is -4.36. The highest BCUT2D eigenvalue weighted by Crippen LogP contribution is 2.32. The Bertz CT molecular complexity index is 1560. The van der Waals surface area contributed by atoms with E-state index in [0.717, 1.165) is 5.56 Å². The summed E-state index contributed by atoms with van der Waals surface area (Å²) in [5, 5.41) is 23.8. The zero-order chi connectivity index (χ0) is 26.0. The summed E-state index contributed by atoms with van der Waals surface area (Å²) in [6, 6.07) is 10.6. The monoisotopic (exact) mass is 504 g/mol. The summed E-state index contributed by atoms with van der Waals surface area (Å²) in [6.45, 7) is 3.82. The number of nitrogens with one attached hydrogen (secondary N) is 3. The molecule has 0 aliphatic rings. The van der Waals surface area contributed by atoms with Gasteiger partial charge in [0.1, 0.15) is 22.3 Å². The molecule has 0 saturated carbocycles. The van der Waals surface area contributed by atoms with Crippen LogP contribution in [0.4, 0.5) is 17.1 Å². The van der Waals surface area contributed by atoms with E-state index in [1.54, 1.807) is 43.9 Å². The number of carbonyl (C=O) groups is 1. The van der Waals surface area contributed by atoms with Crippen LogP contribution in [0.5, 0.6) is 0 Å². The molecule has 36 heavy (non-hydrogen) atoms. The van der Waals surface area contributed by atoms with Crippen LogP contribution in [0.3, 0.4) is 0 Å². The first kappa shape index (κ1) is 24.8. The lowest BCUT2D eigenvalue weighted by Crippen LogP contribution is -2.47. The van der Waals surface area contributed by atoms with E-state index in [9.17, 15) is 14.9 Å². The highest BCUT2D eigenvalue weighted by atomic mass is 35.5. The fourth-order valence-corrected chi connectivity index (χ4v) is 4.09. The number of benzene rings is 1. The molecule has 0 aliphatic carbocycles. The number of para-hydroxylation sites is 1. The first-order valence-corrected chi connectivity index (χ1v) is 11.5. The number of nitriles is 1. The summed E-state index contributed by atoms with van der Waals surface area (Å²) in [7, 11) is 3.47. The Balaban J connectivity index is 1.68. The molecule has 0 spiro atoms. The Morgan fingerprint density at radius 1 is 1.19 bits per heavy atom. The van der Waals surface area contributed by atoms with Crippen LogP contribution in [0.25, 0.3) is 10.9 Å². The first-order valence-electron chi connectivity index (χ1n) is 11.1. The number of anilines is 3. The average Bonchev–Trinajstić information content (AvgIpc) is 3.25. The van der Waals surface area contributed by atoms with Gasteiger partial charge in [-0.2, -0.15) is 10.4 Å². The quantitative estimate of drug-likeness (QED) is 0.329. The van der Waals surface area contributed by atoms with Gasteiger partial charge < -0.3 is 20.5 Å². The number of halogens is 1.